The van der Waals surface area contributed by atoms with Crippen LogP contribution in [0.1, 0.15) is 30.0 Å². The third-order valence-corrected chi connectivity index (χ3v) is 8.52. The summed E-state index contributed by atoms with van der Waals surface area (Å²) in [6.07, 6.45) is 2.80. The summed E-state index contributed by atoms with van der Waals surface area (Å²) < 4.78 is 33.5. The van der Waals surface area contributed by atoms with Crippen LogP contribution in [0.2, 0.25) is 0 Å². The maximum Gasteiger partial charge on any atom is 0.274 e. The minimum atomic E-state index is -3.93. The number of nitrogens with zero attached hydrogens (tertiary/aromatic N) is 1. The van der Waals surface area contributed by atoms with Gasteiger partial charge in [-0.2, -0.15) is 0 Å². The number of carbonyl (C=O) groups is 1. The number of nitrogens with one attached hydrogen (secondary N) is 1. The van der Waals surface area contributed by atoms with E-state index in [1.165, 1.54) is 18.7 Å². The molecule has 1 aliphatic rings. The molecule has 0 saturated heterocycles. The van der Waals surface area contributed by atoms with Crippen LogP contribution >= 0.6 is 11.3 Å². The normalized spacial score (nSPS) is 15.7. The van der Waals surface area contributed by atoms with Crippen molar-refractivity contribution in [3.05, 3.63) is 77.2 Å². The molecular weight excluding hydrogens is 432 g/mol. The molecule has 0 aliphatic heterocycles. The van der Waals surface area contributed by atoms with Gasteiger partial charge in [-0.1, -0.05) is 42.5 Å². The van der Waals surface area contributed by atoms with Gasteiger partial charge in [0.05, 0.1) is 18.8 Å². The zero-order valence-electron chi connectivity index (χ0n) is 17.2. The highest BCUT2D eigenvalue weighted by molar-refractivity contribution is 7.94. The number of carbonyl (C=O) groups excluding carboxylic acids is 1. The van der Waals surface area contributed by atoms with Gasteiger partial charge in [-0.25, -0.2) is 8.42 Å². The Kier molecular flexibility index (Phi) is 6.29. The summed E-state index contributed by atoms with van der Waals surface area (Å²) in [5.74, 6) is 0.0335. The number of aryl methyl sites for hydroxylation is 1. The summed E-state index contributed by atoms with van der Waals surface area (Å²) in [6, 6.07) is 18.0. The molecule has 4 rings (SSSR count). The summed E-state index contributed by atoms with van der Waals surface area (Å²) in [5, 5.41) is 4.75. The van der Waals surface area contributed by atoms with Crippen molar-refractivity contribution in [1.82, 2.24) is 5.32 Å². The highest BCUT2D eigenvalue weighted by Crippen LogP contribution is 2.34. The van der Waals surface area contributed by atoms with Gasteiger partial charge >= 0.3 is 0 Å². The Hall–Kier alpha value is -2.84. The Morgan fingerprint density at radius 3 is 2.68 bits per heavy atom. The number of methoxy groups -OCH3 is 1. The lowest BCUT2D eigenvalue weighted by Crippen LogP contribution is -2.42. The van der Waals surface area contributed by atoms with Crippen LogP contribution in [0, 0.1) is 0 Å². The molecule has 1 N–H and O–H groups in total. The minimum absolute atomic E-state index is 0.124. The van der Waals surface area contributed by atoms with Crippen molar-refractivity contribution >= 4 is 33.0 Å². The molecule has 162 valence electrons. The van der Waals surface area contributed by atoms with Crippen molar-refractivity contribution in [2.24, 2.45) is 0 Å². The monoisotopic (exact) mass is 456 g/mol. The molecule has 0 saturated carbocycles. The van der Waals surface area contributed by atoms with E-state index in [9.17, 15) is 13.2 Å². The quantitative estimate of drug-likeness (QED) is 0.580. The lowest BCUT2D eigenvalue weighted by atomic mass is 9.88. The average Bonchev–Trinajstić information content (AvgIpc) is 3.34. The molecular formula is C23H24N2O4S2. The van der Waals surface area contributed by atoms with Crippen LogP contribution in [-0.2, 0) is 21.2 Å². The lowest BCUT2D eigenvalue weighted by Gasteiger charge is -2.29. The number of amides is 1. The predicted molar refractivity (Wildman–Crippen MR) is 122 cm³/mol. The topological polar surface area (TPSA) is 75.7 Å². The number of hydrogen-bond donors (Lipinski definition) is 1. The summed E-state index contributed by atoms with van der Waals surface area (Å²) in [7, 11) is -2.45. The maximum atomic E-state index is 13.4. The third kappa shape index (κ3) is 4.45. The lowest BCUT2D eigenvalue weighted by molar-refractivity contribution is -0.120. The first kappa shape index (κ1) is 21.4. The zero-order chi connectivity index (χ0) is 21.8. The van der Waals surface area contributed by atoms with Crippen LogP contribution < -0.4 is 14.4 Å². The van der Waals surface area contributed by atoms with Gasteiger partial charge in [0.15, 0.2) is 0 Å². The molecule has 1 heterocycles. The maximum absolute atomic E-state index is 13.4. The number of sulfonamides is 1. The molecule has 0 radical (unpaired) electrons. The summed E-state index contributed by atoms with van der Waals surface area (Å²) in [5.41, 5.74) is 2.66. The van der Waals surface area contributed by atoms with Crippen molar-refractivity contribution in [3.8, 4) is 5.75 Å². The Morgan fingerprint density at radius 2 is 1.90 bits per heavy atom. The molecule has 0 unspecified atom stereocenters. The third-order valence-electron chi connectivity index (χ3n) is 5.39. The molecule has 1 atom stereocenters. The van der Waals surface area contributed by atoms with E-state index in [0.717, 1.165) is 40.5 Å². The smallest absolute Gasteiger partial charge is 0.274 e. The number of ether oxygens (including phenoxy) is 1. The van der Waals surface area contributed by atoms with Crippen LogP contribution in [0.4, 0.5) is 5.69 Å². The highest BCUT2D eigenvalue weighted by Gasteiger charge is 2.31. The molecule has 31 heavy (non-hydrogen) atoms. The van der Waals surface area contributed by atoms with E-state index in [1.807, 2.05) is 18.2 Å². The van der Waals surface area contributed by atoms with E-state index in [0.29, 0.717) is 11.4 Å². The predicted octanol–water partition coefficient (Wildman–Crippen LogP) is 4.15. The molecule has 0 bridgehead atoms. The van der Waals surface area contributed by atoms with E-state index >= 15 is 0 Å². The number of thiophene rings is 1. The van der Waals surface area contributed by atoms with Gasteiger partial charge in [0.2, 0.25) is 5.91 Å². The molecule has 0 spiro atoms. The summed E-state index contributed by atoms with van der Waals surface area (Å²) in [6.45, 7) is -0.334. The Balaban J connectivity index is 1.63. The average molecular weight is 457 g/mol. The summed E-state index contributed by atoms with van der Waals surface area (Å²) >= 11 is 1.12. The number of para-hydroxylation sites is 2. The van der Waals surface area contributed by atoms with Gasteiger partial charge in [0.1, 0.15) is 16.5 Å². The Bertz CT molecular complexity index is 1160. The number of anilines is 1. The fourth-order valence-electron chi connectivity index (χ4n) is 3.93. The minimum Gasteiger partial charge on any atom is -0.495 e. The standard InChI is InChI=1S/C23H24N2O4S2/c1-29-21-13-5-4-12-20(21)25(31(27,28)23-14-7-15-30-23)16-22(26)24-19-11-6-9-17-8-2-3-10-18(17)19/h2-5,7-8,10,12-15,19H,6,9,11,16H2,1H3,(H,24,26)/t19-/m0/s1. The number of hydrogen-bond acceptors (Lipinski definition) is 5. The van der Waals surface area contributed by atoms with Crippen molar-refractivity contribution in [2.45, 2.75) is 29.5 Å². The molecule has 3 aromatic rings. The van der Waals surface area contributed by atoms with E-state index in [1.54, 1.807) is 35.7 Å². The molecule has 0 fully saturated rings. The number of benzene rings is 2. The van der Waals surface area contributed by atoms with Crippen LogP contribution in [-0.4, -0.2) is 28.0 Å². The highest BCUT2D eigenvalue weighted by atomic mass is 32.2. The molecule has 6 nitrogen and oxygen atoms in total. The molecule has 1 aromatic heterocycles. The molecule has 1 aliphatic carbocycles. The van der Waals surface area contributed by atoms with Crippen molar-refractivity contribution < 1.29 is 17.9 Å². The fourth-order valence-corrected chi connectivity index (χ4v) is 6.46. The Labute approximate surface area is 186 Å². The van der Waals surface area contributed by atoms with E-state index in [-0.39, 0.29) is 22.7 Å². The van der Waals surface area contributed by atoms with Crippen molar-refractivity contribution in [3.63, 3.8) is 0 Å². The second-order valence-corrected chi connectivity index (χ2v) is 10.4. The summed E-state index contributed by atoms with van der Waals surface area (Å²) in [4.78, 5) is 13.1. The van der Waals surface area contributed by atoms with Gasteiger partial charge in [-0.05, 0) is 54.0 Å². The second kappa shape index (κ2) is 9.11. The van der Waals surface area contributed by atoms with E-state index in [4.69, 9.17) is 4.74 Å². The Morgan fingerprint density at radius 1 is 1.13 bits per heavy atom. The van der Waals surface area contributed by atoms with Crippen LogP contribution in [0.15, 0.2) is 70.3 Å². The zero-order valence-corrected chi connectivity index (χ0v) is 18.8. The van der Waals surface area contributed by atoms with Gasteiger partial charge in [0, 0.05) is 0 Å². The van der Waals surface area contributed by atoms with Crippen LogP contribution in [0.3, 0.4) is 0 Å². The SMILES string of the molecule is COc1ccccc1N(CC(=O)N[C@H]1CCCc2ccccc21)S(=O)(=O)c1cccs1. The van der Waals surface area contributed by atoms with Gasteiger partial charge in [-0.3, -0.25) is 9.10 Å². The first-order valence-corrected chi connectivity index (χ1v) is 12.4. The molecule has 2 aromatic carbocycles. The fraction of sp³-hybridized carbons (Fsp3) is 0.261. The van der Waals surface area contributed by atoms with E-state index in [2.05, 4.69) is 11.4 Å². The van der Waals surface area contributed by atoms with Crippen LogP contribution in [0.5, 0.6) is 5.75 Å². The number of rotatable bonds is 7. The first-order valence-electron chi connectivity index (χ1n) is 10.1. The molecule has 8 heteroatoms. The van der Waals surface area contributed by atoms with Gasteiger partial charge in [-0.15, -0.1) is 11.3 Å². The van der Waals surface area contributed by atoms with E-state index < -0.39 is 10.0 Å². The van der Waals surface area contributed by atoms with Gasteiger partial charge in [0.25, 0.3) is 10.0 Å². The van der Waals surface area contributed by atoms with Crippen molar-refractivity contribution in [2.75, 3.05) is 18.0 Å². The molecule has 1 amide bonds. The van der Waals surface area contributed by atoms with Crippen molar-refractivity contribution in [1.29, 1.82) is 0 Å². The largest absolute Gasteiger partial charge is 0.495 e. The van der Waals surface area contributed by atoms with Crippen LogP contribution in [0.25, 0.3) is 0 Å². The second-order valence-electron chi connectivity index (χ2n) is 7.33. The number of fused-ring (bicyclic) bond motifs is 1. The van der Waals surface area contributed by atoms with Gasteiger partial charge < -0.3 is 10.1 Å². The first-order chi connectivity index (χ1) is 15.0.